The summed E-state index contributed by atoms with van der Waals surface area (Å²) in [7, 11) is 1.79. The fourth-order valence-electron chi connectivity index (χ4n) is 3.32. The molecule has 1 aliphatic rings. The van der Waals surface area contributed by atoms with E-state index in [2.05, 4.69) is 44.2 Å². The zero-order valence-electron chi connectivity index (χ0n) is 16.7. The molecule has 0 bridgehead atoms. The van der Waals surface area contributed by atoms with Crippen molar-refractivity contribution in [3.8, 4) is 17.3 Å². The number of aliphatic imine (C=N–C) groups is 1. The number of pyridine rings is 1. The van der Waals surface area contributed by atoms with Gasteiger partial charge in [0.25, 0.3) is 0 Å². The van der Waals surface area contributed by atoms with Gasteiger partial charge in [-0.15, -0.1) is 0 Å². The van der Waals surface area contributed by atoms with Gasteiger partial charge in [-0.25, -0.2) is 9.97 Å². The average molecular weight is 391 g/mol. The molecule has 1 aliphatic heterocycles. The van der Waals surface area contributed by atoms with Crippen LogP contribution in [0.15, 0.2) is 64.3 Å². The molecule has 0 radical (unpaired) electrons. The summed E-state index contributed by atoms with van der Waals surface area (Å²) in [6.07, 6.45) is 4.46. The van der Waals surface area contributed by atoms with Crippen LogP contribution in [0.2, 0.25) is 0 Å². The molecule has 0 spiro atoms. The number of nitrogens with zero attached hydrogens (tertiary/aromatic N) is 4. The van der Waals surface area contributed by atoms with Crippen LogP contribution in [-0.4, -0.2) is 47.1 Å². The first-order chi connectivity index (χ1) is 14.2. The maximum absolute atomic E-state index is 5.96. The van der Waals surface area contributed by atoms with Crippen LogP contribution in [0.1, 0.15) is 17.7 Å². The molecule has 0 amide bonds. The molecule has 1 N–H and O–H groups in total. The summed E-state index contributed by atoms with van der Waals surface area (Å²) in [5.41, 5.74) is 3.02. The molecule has 29 heavy (non-hydrogen) atoms. The summed E-state index contributed by atoms with van der Waals surface area (Å²) >= 11 is 0. The smallest absolute Gasteiger partial charge is 0.226 e. The lowest BCUT2D eigenvalue weighted by atomic mass is 10.1. The molecule has 1 aromatic carbocycles. The number of ether oxygens (including phenoxy) is 1. The van der Waals surface area contributed by atoms with Gasteiger partial charge in [-0.1, -0.05) is 23.8 Å². The lowest BCUT2D eigenvalue weighted by Gasteiger charge is -2.21. The van der Waals surface area contributed by atoms with E-state index in [9.17, 15) is 0 Å². The Bertz CT molecular complexity index is 953. The first-order valence-electron chi connectivity index (χ1n) is 9.76. The van der Waals surface area contributed by atoms with E-state index in [1.165, 1.54) is 5.56 Å². The predicted octanol–water partition coefficient (Wildman–Crippen LogP) is 3.27. The molecule has 1 unspecified atom stereocenters. The Morgan fingerprint density at radius 3 is 2.90 bits per heavy atom. The van der Waals surface area contributed by atoms with E-state index in [0.717, 1.165) is 36.7 Å². The molecule has 7 nitrogen and oxygen atoms in total. The van der Waals surface area contributed by atoms with Crippen LogP contribution in [0.5, 0.6) is 5.88 Å². The minimum Gasteiger partial charge on any atom is -0.472 e. The van der Waals surface area contributed by atoms with Gasteiger partial charge in [0.05, 0.1) is 18.8 Å². The number of aryl methyl sites for hydroxylation is 1. The first kappa shape index (κ1) is 19.0. The Labute approximate surface area is 170 Å². The third-order valence-corrected chi connectivity index (χ3v) is 4.86. The highest BCUT2D eigenvalue weighted by Crippen LogP contribution is 2.19. The minimum atomic E-state index is 0.101. The molecule has 1 saturated heterocycles. The number of likely N-dealkylation sites (tertiary alicyclic amines) is 1. The van der Waals surface area contributed by atoms with Crippen molar-refractivity contribution in [2.24, 2.45) is 4.99 Å². The molecule has 4 rings (SSSR count). The number of oxazole rings is 1. The predicted molar refractivity (Wildman–Crippen MR) is 112 cm³/mol. The topological polar surface area (TPSA) is 75.8 Å². The number of guanidine groups is 1. The van der Waals surface area contributed by atoms with E-state index in [-0.39, 0.29) is 6.10 Å². The molecule has 2 aromatic heterocycles. The van der Waals surface area contributed by atoms with E-state index in [0.29, 0.717) is 18.3 Å². The Balaban J connectivity index is 1.31. The number of nitrogens with one attached hydrogen (secondary N) is 1. The zero-order chi connectivity index (χ0) is 20.1. The second-order valence-electron chi connectivity index (χ2n) is 7.05. The van der Waals surface area contributed by atoms with E-state index in [4.69, 9.17) is 9.15 Å². The highest BCUT2D eigenvalue weighted by Gasteiger charge is 2.26. The largest absolute Gasteiger partial charge is 0.472 e. The molecule has 150 valence electrons. The molecule has 1 fully saturated rings. The van der Waals surface area contributed by atoms with Crippen LogP contribution in [0, 0.1) is 6.92 Å². The van der Waals surface area contributed by atoms with E-state index < -0.39 is 0 Å². The second kappa shape index (κ2) is 8.77. The van der Waals surface area contributed by atoms with Gasteiger partial charge in [0.1, 0.15) is 12.4 Å². The van der Waals surface area contributed by atoms with Crippen molar-refractivity contribution in [1.82, 2.24) is 20.2 Å². The van der Waals surface area contributed by atoms with Crippen LogP contribution < -0.4 is 10.1 Å². The van der Waals surface area contributed by atoms with Crippen LogP contribution in [0.3, 0.4) is 0 Å². The lowest BCUT2D eigenvalue weighted by Crippen LogP contribution is -2.40. The van der Waals surface area contributed by atoms with Crippen molar-refractivity contribution in [3.05, 3.63) is 66.2 Å². The quantitative estimate of drug-likeness (QED) is 0.531. The van der Waals surface area contributed by atoms with Crippen molar-refractivity contribution in [1.29, 1.82) is 0 Å². The molecule has 3 aromatic rings. The van der Waals surface area contributed by atoms with Crippen LogP contribution in [-0.2, 0) is 6.54 Å². The fourth-order valence-corrected chi connectivity index (χ4v) is 3.32. The number of rotatable bonds is 5. The normalized spacial score (nSPS) is 16.8. The summed E-state index contributed by atoms with van der Waals surface area (Å²) in [4.78, 5) is 15.4. The third kappa shape index (κ3) is 4.74. The van der Waals surface area contributed by atoms with Gasteiger partial charge in [0, 0.05) is 37.8 Å². The molecular formula is C22H25N5O2. The lowest BCUT2D eigenvalue weighted by molar-refractivity contribution is 0.205. The third-order valence-electron chi connectivity index (χ3n) is 4.86. The van der Waals surface area contributed by atoms with Gasteiger partial charge >= 0.3 is 0 Å². The fraction of sp³-hybridized carbons (Fsp3) is 0.318. The Hall–Kier alpha value is -3.35. The molecule has 0 saturated carbocycles. The second-order valence-corrected chi connectivity index (χ2v) is 7.05. The van der Waals surface area contributed by atoms with Crippen molar-refractivity contribution in [3.63, 3.8) is 0 Å². The Kier molecular flexibility index (Phi) is 5.74. The van der Waals surface area contributed by atoms with E-state index in [1.54, 1.807) is 19.5 Å². The van der Waals surface area contributed by atoms with Crippen LogP contribution in [0.25, 0.3) is 11.5 Å². The molecule has 1 atom stereocenters. The highest BCUT2D eigenvalue weighted by atomic mass is 16.5. The molecule has 3 heterocycles. The maximum Gasteiger partial charge on any atom is 0.226 e. The maximum atomic E-state index is 5.96. The molecule has 7 heteroatoms. The number of aromatic nitrogens is 2. The minimum absolute atomic E-state index is 0.101. The van der Waals surface area contributed by atoms with Crippen molar-refractivity contribution < 1.29 is 9.15 Å². The Morgan fingerprint density at radius 2 is 2.14 bits per heavy atom. The molecular weight excluding hydrogens is 366 g/mol. The first-order valence-corrected chi connectivity index (χ1v) is 9.76. The van der Waals surface area contributed by atoms with Crippen LogP contribution >= 0.6 is 0 Å². The zero-order valence-corrected chi connectivity index (χ0v) is 16.7. The summed E-state index contributed by atoms with van der Waals surface area (Å²) < 4.78 is 11.6. The standard InChI is InChI=1S/C22H25N5O2/c1-16-6-8-17(9-7-16)21-26-18(15-28-21)13-25-22(23-2)27-12-10-19(14-27)29-20-5-3-4-11-24-20/h3-9,11,15,19H,10,12-14H2,1-2H3,(H,23,25). The van der Waals surface area contributed by atoms with Gasteiger partial charge in [0.15, 0.2) is 5.96 Å². The van der Waals surface area contributed by atoms with Gasteiger partial charge in [-0.2, -0.15) is 0 Å². The van der Waals surface area contributed by atoms with Crippen LogP contribution in [0.4, 0.5) is 0 Å². The monoisotopic (exact) mass is 391 g/mol. The summed E-state index contributed by atoms with van der Waals surface area (Å²) in [6.45, 7) is 4.25. The number of benzene rings is 1. The van der Waals surface area contributed by atoms with E-state index >= 15 is 0 Å². The van der Waals surface area contributed by atoms with Gasteiger partial charge in [0.2, 0.25) is 11.8 Å². The summed E-state index contributed by atoms with van der Waals surface area (Å²) in [5.74, 6) is 2.12. The summed E-state index contributed by atoms with van der Waals surface area (Å²) in [6, 6.07) is 13.8. The SMILES string of the molecule is CN=C(NCc1coc(-c2ccc(C)cc2)n1)N1CCC(Oc2ccccn2)C1. The van der Waals surface area contributed by atoms with Gasteiger partial charge in [-0.05, 0) is 25.1 Å². The molecule has 0 aliphatic carbocycles. The number of hydrogen-bond donors (Lipinski definition) is 1. The van der Waals surface area contributed by atoms with Crippen molar-refractivity contribution in [2.75, 3.05) is 20.1 Å². The van der Waals surface area contributed by atoms with Crippen molar-refractivity contribution in [2.45, 2.75) is 26.0 Å². The Morgan fingerprint density at radius 1 is 1.28 bits per heavy atom. The average Bonchev–Trinajstić information content (AvgIpc) is 3.40. The highest BCUT2D eigenvalue weighted by molar-refractivity contribution is 5.80. The van der Waals surface area contributed by atoms with E-state index in [1.807, 2.05) is 30.3 Å². The van der Waals surface area contributed by atoms with Gasteiger partial charge < -0.3 is 19.4 Å². The summed E-state index contributed by atoms with van der Waals surface area (Å²) in [5, 5.41) is 3.37. The number of hydrogen-bond acceptors (Lipinski definition) is 5. The van der Waals surface area contributed by atoms with Gasteiger partial charge in [-0.3, -0.25) is 4.99 Å². The van der Waals surface area contributed by atoms with Crippen molar-refractivity contribution >= 4 is 5.96 Å².